The fourth-order valence-corrected chi connectivity index (χ4v) is 11.4. The lowest BCUT2D eigenvalue weighted by molar-refractivity contribution is 0.332. The van der Waals surface area contributed by atoms with Crippen LogP contribution < -0.4 is 4.90 Å². The molecule has 0 bridgehead atoms. The van der Waals surface area contributed by atoms with Crippen LogP contribution in [-0.4, -0.2) is 0 Å². The SMILES string of the molecule is CC1(C)CCC(C)(C)c2cc(-c3cc4c(cc3N(c3ccccc3)c3ccc5c(c3)C(C)(C)CCC5(C)C)C(c3ccccc3)(c3ccccc3)c3ccccc3-4)ccc21. The molecule has 3 aliphatic rings. The summed E-state index contributed by atoms with van der Waals surface area (Å²) in [5, 5.41) is 0. The van der Waals surface area contributed by atoms with Gasteiger partial charge in [-0.2, -0.15) is 0 Å². The van der Waals surface area contributed by atoms with E-state index in [1.54, 1.807) is 0 Å². The molecule has 0 aliphatic heterocycles. The van der Waals surface area contributed by atoms with Gasteiger partial charge >= 0.3 is 0 Å². The number of nitrogens with zero attached hydrogens (tertiary/aromatic N) is 1. The molecule has 0 saturated carbocycles. The molecular formula is C59H59N. The van der Waals surface area contributed by atoms with Crippen molar-refractivity contribution in [1.29, 1.82) is 0 Å². The van der Waals surface area contributed by atoms with Crippen molar-refractivity contribution in [2.24, 2.45) is 0 Å². The third-order valence-electron chi connectivity index (χ3n) is 15.1. The minimum Gasteiger partial charge on any atom is -0.310 e. The van der Waals surface area contributed by atoms with Crippen LogP contribution in [-0.2, 0) is 27.1 Å². The van der Waals surface area contributed by atoms with E-state index in [2.05, 4.69) is 224 Å². The van der Waals surface area contributed by atoms with Crippen molar-refractivity contribution in [3.05, 3.63) is 208 Å². The lowest BCUT2D eigenvalue weighted by Gasteiger charge is -2.43. The second-order valence-electron chi connectivity index (χ2n) is 20.6. The number of benzene rings is 7. The Bertz CT molecular complexity index is 2710. The molecule has 7 aromatic carbocycles. The second-order valence-corrected chi connectivity index (χ2v) is 20.6. The summed E-state index contributed by atoms with van der Waals surface area (Å²) in [5.74, 6) is 0. The van der Waals surface area contributed by atoms with Gasteiger partial charge in [0.15, 0.2) is 0 Å². The van der Waals surface area contributed by atoms with E-state index in [0.29, 0.717) is 0 Å². The molecule has 0 heterocycles. The zero-order chi connectivity index (χ0) is 41.7. The van der Waals surface area contributed by atoms with Gasteiger partial charge in [-0.25, -0.2) is 0 Å². The van der Waals surface area contributed by atoms with Gasteiger partial charge in [0.25, 0.3) is 0 Å². The molecule has 0 N–H and O–H groups in total. The fourth-order valence-electron chi connectivity index (χ4n) is 11.4. The van der Waals surface area contributed by atoms with E-state index < -0.39 is 5.41 Å². The highest BCUT2D eigenvalue weighted by Crippen LogP contribution is 2.59. The van der Waals surface area contributed by atoms with Crippen LogP contribution >= 0.6 is 0 Å². The summed E-state index contributed by atoms with van der Waals surface area (Å²) in [6.07, 6.45) is 4.73. The van der Waals surface area contributed by atoms with Crippen LogP contribution in [0.2, 0.25) is 0 Å². The Morgan fingerprint density at radius 2 is 0.817 bits per heavy atom. The maximum absolute atomic E-state index is 2.58. The molecular weight excluding hydrogens is 723 g/mol. The van der Waals surface area contributed by atoms with Crippen LogP contribution in [0.1, 0.15) is 126 Å². The lowest BCUT2D eigenvalue weighted by atomic mass is 9.63. The molecule has 0 aromatic heterocycles. The normalized spacial score (nSPS) is 18.4. The van der Waals surface area contributed by atoms with Crippen molar-refractivity contribution in [3.8, 4) is 22.3 Å². The molecule has 0 fully saturated rings. The first-order valence-corrected chi connectivity index (χ1v) is 22.3. The number of para-hydroxylation sites is 1. The molecule has 3 aliphatic carbocycles. The van der Waals surface area contributed by atoms with Crippen LogP contribution in [0.15, 0.2) is 164 Å². The first-order valence-electron chi connectivity index (χ1n) is 22.3. The smallest absolute Gasteiger partial charge is 0.0714 e. The fraction of sp³-hybridized carbons (Fsp3) is 0.288. The summed E-state index contributed by atoms with van der Waals surface area (Å²) < 4.78 is 0. The van der Waals surface area contributed by atoms with Gasteiger partial charge in [-0.3, -0.25) is 0 Å². The number of rotatable bonds is 6. The third kappa shape index (κ3) is 5.87. The average Bonchev–Trinajstić information content (AvgIpc) is 3.55. The standard InChI is InChI=1S/C59H59N/c1-55(2)32-34-57(5,6)52-36-40(28-30-49(52)55)46-38-47-45-26-18-19-27-48(45)59(41-20-12-9-13-21-41,42-22-14-10-15-23-42)51(47)39-54(46)60(43-24-16-11-17-25-43)44-29-31-50-53(37-44)58(7,8)35-33-56(50,3)4/h9-31,36-39H,32-35H2,1-8H3. The Morgan fingerprint density at radius 3 is 1.40 bits per heavy atom. The molecule has 0 saturated heterocycles. The van der Waals surface area contributed by atoms with E-state index in [1.807, 2.05) is 0 Å². The van der Waals surface area contributed by atoms with Crippen molar-refractivity contribution in [2.45, 2.75) is 108 Å². The predicted molar refractivity (Wildman–Crippen MR) is 254 cm³/mol. The predicted octanol–water partition coefficient (Wildman–Crippen LogP) is 15.9. The molecule has 1 heteroatoms. The Morgan fingerprint density at radius 1 is 0.333 bits per heavy atom. The monoisotopic (exact) mass is 781 g/mol. The summed E-state index contributed by atoms with van der Waals surface area (Å²) in [6.45, 7) is 19.5. The highest BCUT2D eigenvalue weighted by Gasteiger charge is 2.47. The van der Waals surface area contributed by atoms with Crippen molar-refractivity contribution >= 4 is 17.1 Å². The molecule has 0 unspecified atom stereocenters. The first kappa shape index (κ1) is 38.5. The van der Waals surface area contributed by atoms with E-state index in [-0.39, 0.29) is 21.7 Å². The van der Waals surface area contributed by atoms with Gasteiger partial charge in [0.2, 0.25) is 0 Å². The maximum atomic E-state index is 2.58. The number of hydrogen-bond donors (Lipinski definition) is 0. The van der Waals surface area contributed by atoms with Gasteiger partial charge < -0.3 is 4.90 Å². The molecule has 0 spiro atoms. The Labute approximate surface area is 359 Å². The van der Waals surface area contributed by atoms with Gasteiger partial charge in [0, 0.05) is 16.9 Å². The third-order valence-corrected chi connectivity index (χ3v) is 15.1. The average molecular weight is 782 g/mol. The van der Waals surface area contributed by atoms with E-state index in [0.717, 1.165) is 5.69 Å². The summed E-state index contributed by atoms with van der Waals surface area (Å²) >= 11 is 0. The van der Waals surface area contributed by atoms with Crippen LogP contribution in [0.4, 0.5) is 17.1 Å². The molecule has 10 rings (SSSR count). The van der Waals surface area contributed by atoms with E-state index >= 15 is 0 Å². The highest BCUT2D eigenvalue weighted by atomic mass is 15.1. The number of fused-ring (bicyclic) bond motifs is 5. The van der Waals surface area contributed by atoms with E-state index in [4.69, 9.17) is 0 Å². The molecule has 0 atom stereocenters. The topological polar surface area (TPSA) is 3.24 Å². The number of hydrogen-bond acceptors (Lipinski definition) is 1. The van der Waals surface area contributed by atoms with Crippen molar-refractivity contribution < 1.29 is 0 Å². The van der Waals surface area contributed by atoms with Crippen LogP contribution in [0.25, 0.3) is 22.3 Å². The molecule has 1 nitrogen and oxygen atoms in total. The van der Waals surface area contributed by atoms with Crippen molar-refractivity contribution in [3.63, 3.8) is 0 Å². The zero-order valence-corrected chi connectivity index (χ0v) is 36.9. The molecule has 7 aromatic rings. The second kappa shape index (κ2) is 13.7. The molecule has 60 heavy (non-hydrogen) atoms. The zero-order valence-electron chi connectivity index (χ0n) is 36.9. The minimum absolute atomic E-state index is 0.0677. The van der Waals surface area contributed by atoms with E-state index in [1.165, 1.54) is 104 Å². The van der Waals surface area contributed by atoms with Crippen LogP contribution in [0.3, 0.4) is 0 Å². The van der Waals surface area contributed by atoms with Crippen LogP contribution in [0.5, 0.6) is 0 Å². The van der Waals surface area contributed by atoms with Crippen molar-refractivity contribution in [2.75, 3.05) is 4.90 Å². The Hall–Kier alpha value is -5.66. The van der Waals surface area contributed by atoms with Gasteiger partial charge in [0.1, 0.15) is 0 Å². The minimum atomic E-state index is -0.520. The van der Waals surface area contributed by atoms with Gasteiger partial charge in [-0.05, 0) is 145 Å². The maximum Gasteiger partial charge on any atom is 0.0714 e. The lowest BCUT2D eigenvalue weighted by Crippen LogP contribution is -2.34. The summed E-state index contributed by atoms with van der Waals surface area (Å²) in [5.41, 5.74) is 19.7. The summed E-state index contributed by atoms with van der Waals surface area (Å²) in [6, 6.07) is 62.7. The van der Waals surface area contributed by atoms with Gasteiger partial charge in [-0.1, -0.05) is 183 Å². The molecule has 300 valence electrons. The Kier molecular flexibility index (Phi) is 8.79. The van der Waals surface area contributed by atoms with Gasteiger partial charge in [-0.15, -0.1) is 0 Å². The number of anilines is 3. The largest absolute Gasteiger partial charge is 0.310 e. The van der Waals surface area contributed by atoms with Gasteiger partial charge in [0.05, 0.1) is 11.1 Å². The summed E-state index contributed by atoms with van der Waals surface area (Å²) in [4.78, 5) is 2.58. The van der Waals surface area contributed by atoms with Crippen molar-refractivity contribution in [1.82, 2.24) is 0 Å². The molecule has 0 radical (unpaired) electrons. The van der Waals surface area contributed by atoms with E-state index in [9.17, 15) is 0 Å². The van der Waals surface area contributed by atoms with Crippen LogP contribution in [0, 0.1) is 0 Å². The highest BCUT2D eigenvalue weighted by molar-refractivity contribution is 5.97. The quantitative estimate of drug-likeness (QED) is 0.162. The molecule has 0 amide bonds. The summed E-state index contributed by atoms with van der Waals surface area (Å²) in [7, 11) is 0. The Balaban J connectivity index is 1.34. The first-order chi connectivity index (χ1) is 28.7.